The Morgan fingerprint density at radius 2 is 1.69 bits per heavy atom. The molecule has 29 heavy (non-hydrogen) atoms. The van der Waals surface area contributed by atoms with Gasteiger partial charge in [-0.3, -0.25) is 4.79 Å². The largest absolute Gasteiger partial charge is 0.331 e. The maximum Gasteiger partial charge on any atom is 0.254 e. The SMILES string of the molecule is CN(C)S(=O)(=O)c1cccc(C(=O)N(Cc2ccc(F)cc2)C2CCCCC2)c1. The van der Waals surface area contributed by atoms with Gasteiger partial charge >= 0.3 is 0 Å². The van der Waals surface area contributed by atoms with Crippen LogP contribution in [0, 0.1) is 5.82 Å². The zero-order chi connectivity index (χ0) is 21.0. The molecule has 0 N–H and O–H groups in total. The lowest BCUT2D eigenvalue weighted by Crippen LogP contribution is -2.41. The number of hydrogen-bond donors (Lipinski definition) is 0. The van der Waals surface area contributed by atoms with Crippen molar-refractivity contribution in [3.63, 3.8) is 0 Å². The zero-order valence-electron chi connectivity index (χ0n) is 16.8. The first-order valence-electron chi connectivity index (χ1n) is 9.87. The molecule has 0 unspecified atom stereocenters. The van der Waals surface area contributed by atoms with Crippen LogP contribution in [0.3, 0.4) is 0 Å². The van der Waals surface area contributed by atoms with Crippen LogP contribution in [-0.2, 0) is 16.6 Å². The smallest absolute Gasteiger partial charge is 0.254 e. The van der Waals surface area contributed by atoms with Gasteiger partial charge in [0.05, 0.1) is 4.90 Å². The summed E-state index contributed by atoms with van der Waals surface area (Å²) in [5.74, 6) is -0.511. The van der Waals surface area contributed by atoms with Crippen LogP contribution in [0.5, 0.6) is 0 Å². The van der Waals surface area contributed by atoms with Crippen LogP contribution in [-0.4, -0.2) is 43.7 Å². The van der Waals surface area contributed by atoms with Gasteiger partial charge in [0.2, 0.25) is 10.0 Å². The first kappa shape index (κ1) is 21.5. The molecule has 0 radical (unpaired) electrons. The quantitative estimate of drug-likeness (QED) is 0.711. The van der Waals surface area contributed by atoms with Gasteiger partial charge in [-0.2, -0.15) is 0 Å². The van der Waals surface area contributed by atoms with Gasteiger partial charge in [-0.05, 0) is 48.7 Å². The Labute approximate surface area is 172 Å². The Morgan fingerprint density at radius 3 is 2.31 bits per heavy atom. The summed E-state index contributed by atoms with van der Waals surface area (Å²) in [5, 5.41) is 0. The number of carbonyl (C=O) groups excluding carboxylic acids is 1. The third-order valence-electron chi connectivity index (χ3n) is 5.40. The molecule has 0 aliphatic heterocycles. The standard InChI is InChI=1S/C22H27FN2O3S/c1-24(2)29(27,28)21-10-6-7-18(15-21)22(26)25(20-8-4-3-5-9-20)16-17-11-13-19(23)14-12-17/h6-7,10-15,20H,3-5,8-9,16H2,1-2H3. The first-order chi connectivity index (χ1) is 13.8. The molecule has 7 heteroatoms. The Hall–Kier alpha value is -2.25. The number of carbonyl (C=O) groups is 1. The van der Waals surface area contributed by atoms with Gasteiger partial charge in [-0.1, -0.05) is 37.5 Å². The number of hydrogen-bond acceptors (Lipinski definition) is 3. The predicted molar refractivity (Wildman–Crippen MR) is 110 cm³/mol. The topological polar surface area (TPSA) is 57.7 Å². The van der Waals surface area contributed by atoms with Crippen LogP contribution in [0.2, 0.25) is 0 Å². The molecule has 156 valence electrons. The maximum atomic E-state index is 13.4. The summed E-state index contributed by atoms with van der Waals surface area (Å²) >= 11 is 0. The minimum Gasteiger partial charge on any atom is -0.331 e. The normalized spacial score (nSPS) is 15.4. The van der Waals surface area contributed by atoms with Crippen LogP contribution in [0.15, 0.2) is 53.4 Å². The van der Waals surface area contributed by atoms with Crippen molar-refractivity contribution < 1.29 is 17.6 Å². The molecule has 2 aromatic carbocycles. The van der Waals surface area contributed by atoms with Gasteiger partial charge in [0.25, 0.3) is 5.91 Å². The second kappa shape index (κ2) is 9.05. The van der Waals surface area contributed by atoms with E-state index in [1.807, 2.05) is 4.90 Å². The van der Waals surface area contributed by atoms with Crippen LogP contribution < -0.4 is 0 Å². The van der Waals surface area contributed by atoms with Crippen molar-refractivity contribution in [2.45, 2.75) is 49.6 Å². The molecule has 0 saturated heterocycles. The summed E-state index contributed by atoms with van der Waals surface area (Å²) < 4.78 is 39.3. The van der Waals surface area contributed by atoms with E-state index in [0.29, 0.717) is 12.1 Å². The average Bonchev–Trinajstić information content (AvgIpc) is 2.73. The van der Waals surface area contributed by atoms with Crippen molar-refractivity contribution in [1.29, 1.82) is 0 Å². The highest BCUT2D eigenvalue weighted by atomic mass is 32.2. The molecule has 1 fully saturated rings. The summed E-state index contributed by atoms with van der Waals surface area (Å²) in [6, 6.07) is 12.4. The molecule has 2 aromatic rings. The van der Waals surface area contributed by atoms with E-state index in [2.05, 4.69) is 0 Å². The minimum absolute atomic E-state index is 0.0930. The van der Waals surface area contributed by atoms with E-state index in [-0.39, 0.29) is 22.7 Å². The number of rotatable bonds is 6. The van der Waals surface area contributed by atoms with Gasteiger partial charge in [0, 0.05) is 32.2 Å². The Bertz CT molecular complexity index is 952. The Kier molecular flexibility index (Phi) is 6.70. The molecule has 1 aliphatic rings. The zero-order valence-corrected chi connectivity index (χ0v) is 17.7. The summed E-state index contributed by atoms with van der Waals surface area (Å²) in [6.45, 7) is 0.369. The number of halogens is 1. The number of sulfonamides is 1. The van der Waals surface area contributed by atoms with Crippen molar-refractivity contribution in [3.8, 4) is 0 Å². The molecule has 0 heterocycles. The molecule has 0 atom stereocenters. The lowest BCUT2D eigenvalue weighted by atomic mass is 9.93. The number of amides is 1. The third kappa shape index (κ3) is 5.03. The molecule has 0 spiro atoms. The maximum absolute atomic E-state index is 13.4. The van der Waals surface area contributed by atoms with Gasteiger partial charge in [-0.15, -0.1) is 0 Å². The summed E-state index contributed by atoms with van der Waals surface area (Å²) in [6.07, 6.45) is 5.12. The van der Waals surface area contributed by atoms with E-state index >= 15 is 0 Å². The summed E-state index contributed by atoms with van der Waals surface area (Å²) in [5.41, 5.74) is 1.20. The Balaban J connectivity index is 1.92. The lowest BCUT2D eigenvalue weighted by Gasteiger charge is -2.34. The second-order valence-corrected chi connectivity index (χ2v) is 9.82. The van der Waals surface area contributed by atoms with Crippen molar-refractivity contribution in [3.05, 3.63) is 65.5 Å². The second-order valence-electron chi connectivity index (χ2n) is 7.67. The average molecular weight is 419 g/mol. The summed E-state index contributed by atoms with van der Waals surface area (Å²) in [4.78, 5) is 15.3. The van der Waals surface area contributed by atoms with Gasteiger partial charge < -0.3 is 4.90 Å². The number of nitrogens with zero attached hydrogens (tertiary/aromatic N) is 2. The highest BCUT2D eigenvalue weighted by Crippen LogP contribution is 2.26. The van der Waals surface area contributed by atoms with Crippen molar-refractivity contribution in [2.24, 2.45) is 0 Å². The molecular formula is C22H27FN2O3S. The molecule has 0 aromatic heterocycles. The van der Waals surface area contributed by atoms with E-state index in [0.717, 1.165) is 42.0 Å². The van der Waals surface area contributed by atoms with E-state index < -0.39 is 10.0 Å². The number of benzene rings is 2. The van der Waals surface area contributed by atoms with E-state index in [1.54, 1.807) is 24.3 Å². The van der Waals surface area contributed by atoms with Gasteiger partial charge in [0.1, 0.15) is 5.82 Å². The molecule has 1 aliphatic carbocycles. The molecule has 0 bridgehead atoms. The fourth-order valence-corrected chi connectivity index (χ4v) is 4.66. The fraction of sp³-hybridized carbons (Fsp3) is 0.409. The summed E-state index contributed by atoms with van der Waals surface area (Å²) in [7, 11) is -0.696. The van der Waals surface area contributed by atoms with Crippen LogP contribution in [0.1, 0.15) is 48.0 Å². The van der Waals surface area contributed by atoms with Crippen LogP contribution in [0.4, 0.5) is 4.39 Å². The van der Waals surface area contributed by atoms with Crippen LogP contribution >= 0.6 is 0 Å². The van der Waals surface area contributed by atoms with Crippen molar-refractivity contribution in [2.75, 3.05) is 14.1 Å². The molecule has 1 saturated carbocycles. The fourth-order valence-electron chi connectivity index (χ4n) is 3.71. The highest BCUT2D eigenvalue weighted by molar-refractivity contribution is 7.89. The Morgan fingerprint density at radius 1 is 1.03 bits per heavy atom. The van der Waals surface area contributed by atoms with Gasteiger partial charge in [0.15, 0.2) is 0 Å². The van der Waals surface area contributed by atoms with E-state index in [4.69, 9.17) is 0 Å². The van der Waals surface area contributed by atoms with Crippen molar-refractivity contribution >= 4 is 15.9 Å². The molecule has 1 amide bonds. The third-order valence-corrected chi connectivity index (χ3v) is 7.21. The van der Waals surface area contributed by atoms with E-state index in [9.17, 15) is 17.6 Å². The highest BCUT2D eigenvalue weighted by Gasteiger charge is 2.27. The lowest BCUT2D eigenvalue weighted by molar-refractivity contribution is 0.0614. The molecule has 5 nitrogen and oxygen atoms in total. The van der Waals surface area contributed by atoms with Gasteiger partial charge in [-0.25, -0.2) is 17.1 Å². The van der Waals surface area contributed by atoms with E-state index in [1.165, 1.54) is 38.4 Å². The monoisotopic (exact) mass is 418 g/mol. The minimum atomic E-state index is -3.63. The van der Waals surface area contributed by atoms with Crippen LogP contribution in [0.25, 0.3) is 0 Å². The van der Waals surface area contributed by atoms with Crippen molar-refractivity contribution in [1.82, 2.24) is 9.21 Å². The molecular weight excluding hydrogens is 391 g/mol. The first-order valence-corrected chi connectivity index (χ1v) is 11.3. The molecule has 3 rings (SSSR count). The predicted octanol–water partition coefficient (Wildman–Crippen LogP) is 4.05.